The SMILES string of the molecule is CCCn1nc(C)c(N)c1NC(C)CN(CC)CC. The third kappa shape index (κ3) is 4.13. The van der Waals surface area contributed by atoms with E-state index in [4.69, 9.17) is 5.73 Å². The normalized spacial score (nSPS) is 12.9. The molecule has 0 amide bonds. The molecule has 0 radical (unpaired) electrons. The van der Waals surface area contributed by atoms with Crippen LogP contribution < -0.4 is 11.1 Å². The van der Waals surface area contributed by atoms with Crippen LogP contribution in [0.15, 0.2) is 0 Å². The highest BCUT2D eigenvalue weighted by Gasteiger charge is 2.15. The number of rotatable bonds is 8. The van der Waals surface area contributed by atoms with Crippen molar-refractivity contribution in [3.63, 3.8) is 0 Å². The van der Waals surface area contributed by atoms with Crippen molar-refractivity contribution in [1.82, 2.24) is 14.7 Å². The molecule has 0 aliphatic rings. The van der Waals surface area contributed by atoms with Crippen molar-refractivity contribution in [2.75, 3.05) is 30.7 Å². The Morgan fingerprint density at radius 1 is 1.32 bits per heavy atom. The van der Waals surface area contributed by atoms with E-state index in [0.717, 1.165) is 49.8 Å². The van der Waals surface area contributed by atoms with Crippen molar-refractivity contribution in [2.45, 2.75) is 53.6 Å². The van der Waals surface area contributed by atoms with E-state index in [2.05, 4.69) is 43.0 Å². The van der Waals surface area contributed by atoms with Crippen molar-refractivity contribution in [2.24, 2.45) is 0 Å². The Labute approximate surface area is 117 Å². The summed E-state index contributed by atoms with van der Waals surface area (Å²) in [5, 5.41) is 8.01. The molecule has 1 heterocycles. The summed E-state index contributed by atoms with van der Waals surface area (Å²) in [7, 11) is 0. The molecular weight excluding hydrogens is 238 g/mol. The third-order valence-corrected chi connectivity index (χ3v) is 3.42. The number of nitrogen functional groups attached to an aromatic ring is 1. The molecule has 1 atom stereocenters. The van der Waals surface area contributed by atoms with Crippen molar-refractivity contribution >= 4 is 11.5 Å². The predicted octanol–water partition coefficient (Wildman–Crippen LogP) is 2.33. The number of aryl methyl sites for hydroxylation is 2. The van der Waals surface area contributed by atoms with Crippen LogP contribution in [0.1, 0.15) is 39.8 Å². The van der Waals surface area contributed by atoms with Crippen LogP contribution in [0.3, 0.4) is 0 Å². The van der Waals surface area contributed by atoms with Crippen molar-refractivity contribution in [3.8, 4) is 0 Å². The Bertz CT molecular complexity index is 381. The summed E-state index contributed by atoms with van der Waals surface area (Å²) in [6, 6.07) is 0.355. The van der Waals surface area contributed by atoms with Gasteiger partial charge in [0.05, 0.1) is 11.4 Å². The molecule has 110 valence electrons. The van der Waals surface area contributed by atoms with Crippen LogP contribution in [0.25, 0.3) is 0 Å². The molecule has 0 fully saturated rings. The van der Waals surface area contributed by atoms with Crippen LogP contribution in [0, 0.1) is 6.92 Å². The average Bonchev–Trinajstić information content (AvgIpc) is 2.64. The molecule has 0 saturated heterocycles. The fourth-order valence-electron chi connectivity index (χ4n) is 2.27. The van der Waals surface area contributed by atoms with Crippen molar-refractivity contribution in [1.29, 1.82) is 0 Å². The van der Waals surface area contributed by atoms with E-state index in [1.807, 2.05) is 11.6 Å². The van der Waals surface area contributed by atoms with Crippen LogP contribution in [0.5, 0.6) is 0 Å². The first-order chi connectivity index (χ1) is 9.03. The molecule has 1 aromatic heterocycles. The molecule has 19 heavy (non-hydrogen) atoms. The van der Waals surface area contributed by atoms with Gasteiger partial charge in [0.2, 0.25) is 0 Å². The second kappa shape index (κ2) is 7.38. The zero-order valence-electron chi connectivity index (χ0n) is 13.0. The first-order valence-corrected chi connectivity index (χ1v) is 7.35. The number of hydrogen-bond acceptors (Lipinski definition) is 4. The highest BCUT2D eigenvalue weighted by atomic mass is 15.3. The zero-order valence-corrected chi connectivity index (χ0v) is 13.0. The van der Waals surface area contributed by atoms with Crippen LogP contribution >= 0.6 is 0 Å². The van der Waals surface area contributed by atoms with E-state index in [9.17, 15) is 0 Å². The maximum atomic E-state index is 6.12. The van der Waals surface area contributed by atoms with Gasteiger partial charge in [0.25, 0.3) is 0 Å². The molecule has 0 aliphatic heterocycles. The van der Waals surface area contributed by atoms with E-state index in [0.29, 0.717) is 6.04 Å². The average molecular weight is 267 g/mol. The molecule has 3 N–H and O–H groups in total. The van der Waals surface area contributed by atoms with E-state index in [-0.39, 0.29) is 0 Å². The predicted molar refractivity (Wildman–Crippen MR) is 82.5 cm³/mol. The molecule has 0 bridgehead atoms. The van der Waals surface area contributed by atoms with Crippen LogP contribution in [-0.2, 0) is 6.54 Å². The minimum Gasteiger partial charge on any atom is -0.394 e. The highest BCUT2D eigenvalue weighted by Crippen LogP contribution is 2.23. The molecule has 0 spiro atoms. The van der Waals surface area contributed by atoms with Gasteiger partial charge in [0, 0.05) is 19.1 Å². The monoisotopic (exact) mass is 267 g/mol. The van der Waals surface area contributed by atoms with E-state index >= 15 is 0 Å². The Morgan fingerprint density at radius 2 is 1.95 bits per heavy atom. The van der Waals surface area contributed by atoms with Gasteiger partial charge in [-0.25, -0.2) is 4.68 Å². The zero-order chi connectivity index (χ0) is 14.4. The number of nitrogens with two attached hydrogens (primary N) is 1. The van der Waals surface area contributed by atoms with Gasteiger partial charge in [0.1, 0.15) is 5.82 Å². The lowest BCUT2D eigenvalue weighted by Gasteiger charge is -2.24. The number of nitrogens with zero attached hydrogens (tertiary/aromatic N) is 3. The second-order valence-electron chi connectivity index (χ2n) is 5.10. The standard InChI is InChI=1S/C14H29N5/c1-6-9-19-14(13(15)12(5)17-19)16-11(4)10-18(7-2)8-3/h11,16H,6-10,15H2,1-5H3. The van der Waals surface area contributed by atoms with E-state index < -0.39 is 0 Å². The smallest absolute Gasteiger partial charge is 0.148 e. The number of nitrogens with one attached hydrogen (secondary N) is 1. The maximum absolute atomic E-state index is 6.12. The topological polar surface area (TPSA) is 59.1 Å². The molecule has 5 heteroatoms. The van der Waals surface area contributed by atoms with Gasteiger partial charge in [-0.2, -0.15) is 5.10 Å². The van der Waals surface area contributed by atoms with Crippen LogP contribution in [0.4, 0.5) is 11.5 Å². The summed E-state index contributed by atoms with van der Waals surface area (Å²) >= 11 is 0. The van der Waals surface area contributed by atoms with Crippen LogP contribution in [0.2, 0.25) is 0 Å². The summed E-state index contributed by atoms with van der Waals surface area (Å²) in [5.74, 6) is 0.971. The number of likely N-dealkylation sites (N-methyl/N-ethyl adjacent to an activating group) is 1. The molecular formula is C14H29N5. The number of hydrogen-bond donors (Lipinski definition) is 2. The maximum Gasteiger partial charge on any atom is 0.148 e. The Hall–Kier alpha value is -1.23. The summed E-state index contributed by atoms with van der Waals surface area (Å²) < 4.78 is 1.99. The summed E-state index contributed by atoms with van der Waals surface area (Å²) in [4.78, 5) is 2.40. The summed E-state index contributed by atoms with van der Waals surface area (Å²) in [6.45, 7) is 14.7. The lowest BCUT2D eigenvalue weighted by atomic mass is 10.3. The fourth-order valence-corrected chi connectivity index (χ4v) is 2.27. The molecule has 1 unspecified atom stereocenters. The molecule has 1 aromatic rings. The first-order valence-electron chi connectivity index (χ1n) is 7.35. The highest BCUT2D eigenvalue weighted by molar-refractivity contribution is 5.65. The second-order valence-corrected chi connectivity index (χ2v) is 5.10. The van der Waals surface area contributed by atoms with Gasteiger partial charge in [-0.05, 0) is 33.4 Å². The number of aromatic nitrogens is 2. The van der Waals surface area contributed by atoms with Gasteiger partial charge >= 0.3 is 0 Å². The molecule has 5 nitrogen and oxygen atoms in total. The summed E-state index contributed by atoms with van der Waals surface area (Å²) in [6.07, 6.45) is 1.06. The van der Waals surface area contributed by atoms with Gasteiger partial charge in [-0.1, -0.05) is 20.8 Å². The Kier molecular flexibility index (Phi) is 6.15. The van der Waals surface area contributed by atoms with Gasteiger partial charge in [-0.15, -0.1) is 0 Å². The molecule has 0 aliphatic carbocycles. The first kappa shape index (κ1) is 15.8. The molecule has 0 aromatic carbocycles. The number of anilines is 2. The van der Waals surface area contributed by atoms with Crippen LogP contribution in [-0.4, -0.2) is 40.4 Å². The van der Waals surface area contributed by atoms with Gasteiger partial charge in [-0.3, -0.25) is 0 Å². The van der Waals surface area contributed by atoms with Crippen molar-refractivity contribution < 1.29 is 0 Å². The third-order valence-electron chi connectivity index (χ3n) is 3.42. The van der Waals surface area contributed by atoms with Gasteiger partial charge < -0.3 is 16.0 Å². The molecule has 0 saturated carbocycles. The summed E-state index contributed by atoms with van der Waals surface area (Å²) in [5.41, 5.74) is 7.80. The lowest BCUT2D eigenvalue weighted by Crippen LogP contribution is -2.35. The van der Waals surface area contributed by atoms with Crippen molar-refractivity contribution in [3.05, 3.63) is 5.69 Å². The largest absolute Gasteiger partial charge is 0.394 e. The van der Waals surface area contributed by atoms with Gasteiger partial charge in [0.15, 0.2) is 0 Å². The fraction of sp³-hybridized carbons (Fsp3) is 0.786. The Morgan fingerprint density at radius 3 is 2.47 bits per heavy atom. The molecule has 1 rings (SSSR count). The minimum absolute atomic E-state index is 0.355. The lowest BCUT2D eigenvalue weighted by molar-refractivity contribution is 0.294. The Balaban J connectivity index is 2.74. The van der Waals surface area contributed by atoms with E-state index in [1.54, 1.807) is 0 Å². The van der Waals surface area contributed by atoms with E-state index in [1.165, 1.54) is 0 Å². The minimum atomic E-state index is 0.355. The quantitative estimate of drug-likeness (QED) is 0.759.